The first kappa shape index (κ1) is 18.7. The van der Waals surface area contributed by atoms with E-state index in [0.717, 1.165) is 31.7 Å². The minimum absolute atomic E-state index is 0.116. The van der Waals surface area contributed by atoms with Crippen molar-refractivity contribution in [2.75, 3.05) is 44.7 Å². The highest BCUT2D eigenvalue weighted by Gasteiger charge is 2.25. The molecule has 0 bridgehead atoms. The molecule has 0 radical (unpaired) electrons. The molecule has 1 aliphatic heterocycles. The van der Waals surface area contributed by atoms with E-state index in [4.69, 9.17) is 0 Å². The van der Waals surface area contributed by atoms with E-state index in [2.05, 4.69) is 25.9 Å². The number of para-hydroxylation sites is 1. The fourth-order valence-corrected chi connectivity index (χ4v) is 2.95. The summed E-state index contributed by atoms with van der Waals surface area (Å²) in [7, 11) is 1.29. The molecule has 1 heterocycles. The molecular formula is C18H24N4O3. The van der Waals surface area contributed by atoms with Crippen LogP contribution in [-0.2, 0) is 14.3 Å². The Kier molecular flexibility index (Phi) is 6.78. The van der Waals surface area contributed by atoms with Gasteiger partial charge in [-0.05, 0) is 25.5 Å². The Balaban J connectivity index is 1.95. The summed E-state index contributed by atoms with van der Waals surface area (Å²) in [5.41, 5.74) is 1.61. The molecule has 0 spiro atoms. The van der Waals surface area contributed by atoms with Gasteiger partial charge in [0.05, 0.1) is 24.4 Å². The van der Waals surface area contributed by atoms with Gasteiger partial charge >= 0.3 is 5.97 Å². The van der Waals surface area contributed by atoms with Gasteiger partial charge in [-0.2, -0.15) is 5.26 Å². The van der Waals surface area contributed by atoms with E-state index < -0.39 is 5.97 Å². The second kappa shape index (κ2) is 9.04. The fourth-order valence-electron chi connectivity index (χ4n) is 2.95. The summed E-state index contributed by atoms with van der Waals surface area (Å²) in [6.45, 7) is 4.81. The predicted octanol–water partition coefficient (Wildman–Crippen LogP) is 0.748. The van der Waals surface area contributed by atoms with Gasteiger partial charge < -0.3 is 15.0 Å². The highest BCUT2D eigenvalue weighted by molar-refractivity contribution is 5.85. The van der Waals surface area contributed by atoms with Crippen molar-refractivity contribution in [3.05, 3.63) is 29.8 Å². The van der Waals surface area contributed by atoms with Crippen LogP contribution in [0.15, 0.2) is 24.3 Å². The predicted molar refractivity (Wildman–Crippen MR) is 94.0 cm³/mol. The van der Waals surface area contributed by atoms with Gasteiger partial charge in [-0.1, -0.05) is 12.1 Å². The Hall–Kier alpha value is -2.59. The van der Waals surface area contributed by atoms with Crippen molar-refractivity contribution in [3.63, 3.8) is 0 Å². The van der Waals surface area contributed by atoms with Crippen LogP contribution in [0.5, 0.6) is 0 Å². The van der Waals surface area contributed by atoms with Crippen molar-refractivity contribution < 1.29 is 14.3 Å². The summed E-state index contributed by atoms with van der Waals surface area (Å²) in [4.78, 5) is 27.6. The number of methoxy groups -OCH3 is 1. The molecule has 1 aromatic rings. The van der Waals surface area contributed by atoms with E-state index in [1.165, 1.54) is 7.11 Å². The van der Waals surface area contributed by atoms with E-state index in [1.54, 1.807) is 0 Å². The van der Waals surface area contributed by atoms with Crippen molar-refractivity contribution in [1.29, 1.82) is 5.26 Å². The number of carbonyl (C=O) groups is 2. The van der Waals surface area contributed by atoms with Crippen molar-refractivity contribution in [2.24, 2.45) is 0 Å². The van der Waals surface area contributed by atoms with Crippen LogP contribution in [0.1, 0.15) is 18.9 Å². The number of amides is 1. The van der Waals surface area contributed by atoms with Crippen LogP contribution in [0, 0.1) is 11.3 Å². The lowest BCUT2D eigenvalue weighted by molar-refractivity contribution is -0.141. The van der Waals surface area contributed by atoms with Crippen molar-refractivity contribution in [2.45, 2.75) is 19.4 Å². The Morgan fingerprint density at radius 3 is 2.76 bits per heavy atom. The summed E-state index contributed by atoms with van der Waals surface area (Å²) in [5.74, 6) is -0.646. The van der Waals surface area contributed by atoms with Gasteiger partial charge in [0.15, 0.2) is 0 Å². The lowest BCUT2D eigenvalue weighted by Gasteiger charge is -2.27. The van der Waals surface area contributed by atoms with E-state index in [-0.39, 0.29) is 18.5 Å². The standard InChI is InChI=1S/C18H24N4O3/c1-14(18(24)20-13-17(23)25-2)21-8-5-9-22(11-10-21)16-7-4-3-6-15(16)12-19/h3-4,6-7,14H,5,8-11,13H2,1-2H3,(H,20,24). The molecule has 1 aliphatic rings. The van der Waals surface area contributed by atoms with Crippen molar-refractivity contribution in [1.82, 2.24) is 10.2 Å². The maximum Gasteiger partial charge on any atom is 0.325 e. The highest BCUT2D eigenvalue weighted by Crippen LogP contribution is 2.21. The molecule has 0 aliphatic carbocycles. The number of anilines is 1. The highest BCUT2D eigenvalue weighted by atomic mass is 16.5. The van der Waals surface area contributed by atoms with Gasteiger partial charge in [-0.25, -0.2) is 0 Å². The molecule has 2 rings (SSSR count). The number of esters is 1. The second-order valence-electron chi connectivity index (χ2n) is 5.98. The van der Waals surface area contributed by atoms with E-state index in [0.29, 0.717) is 12.1 Å². The molecule has 0 saturated carbocycles. The van der Waals surface area contributed by atoms with E-state index in [1.807, 2.05) is 31.2 Å². The first-order valence-corrected chi connectivity index (χ1v) is 8.39. The van der Waals surface area contributed by atoms with Gasteiger partial charge in [0, 0.05) is 26.2 Å². The quantitative estimate of drug-likeness (QED) is 0.793. The summed E-state index contributed by atoms with van der Waals surface area (Å²) in [6.07, 6.45) is 0.897. The normalized spacial score (nSPS) is 16.4. The zero-order valence-electron chi connectivity index (χ0n) is 14.7. The van der Waals surface area contributed by atoms with Crippen molar-refractivity contribution in [3.8, 4) is 6.07 Å². The molecule has 1 unspecified atom stereocenters. The first-order valence-electron chi connectivity index (χ1n) is 8.39. The number of nitrogens with zero attached hydrogens (tertiary/aromatic N) is 3. The fraction of sp³-hybridized carbons (Fsp3) is 0.500. The zero-order valence-corrected chi connectivity index (χ0v) is 14.7. The smallest absolute Gasteiger partial charge is 0.325 e. The molecule has 1 saturated heterocycles. The third kappa shape index (κ3) is 4.94. The maximum atomic E-state index is 12.2. The minimum atomic E-state index is -0.462. The van der Waals surface area contributed by atoms with Gasteiger partial charge in [0.25, 0.3) is 0 Å². The first-order chi connectivity index (χ1) is 12.1. The van der Waals surface area contributed by atoms with Gasteiger partial charge in [-0.3, -0.25) is 14.5 Å². The lowest BCUT2D eigenvalue weighted by Crippen LogP contribution is -2.47. The van der Waals surface area contributed by atoms with Crippen LogP contribution in [-0.4, -0.2) is 62.7 Å². The molecule has 1 N–H and O–H groups in total. The summed E-state index contributed by atoms with van der Waals surface area (Å²) in [6, 6.07) is 9.48. The molecule has 134 valence electrons. The SMILES string of the molecule is COC(=O)CNC(=O)C(C)N1CCCN(c2ccccc2C#N)CC1. The van der Waals surface area contributed by atoms with Crippen LogP contribution >= 0.6 is 0 Å². The Labute approximate surface area is 148 Å². The average Bonchev–Trinajstić information content (AvgIpc) is 2.91. The average molecular weight is 344 g/mol. The van der Waals surface area contributed by atoms with Crippen LogP contribution in [0.25, 0.3) is 0 Å². The number of nitriles is 1. The topological polar surface area (TPSA) is 85.7 Å². The Bertz CT molecular complexity index is 656. The third-order valence-electron chi connectivity index (χ3n) is 4.46. The number of benzene rings is 1. The number of hydrogen-bond donors (Lipinski definition) is 1. The van der Waals surface area contributed by atoms with Crippen LogP contribution < -0.4 is 10.2 Å². The number of nitrogens with one attached hydrogen (secondary N) is 1. The lowest BCUT2D eigenvalue weighted by atomic mass is 10.1. The third-order valence-corrected chi connectivity index (χ3v) is 4.46. The molecule has 7 heteroatoms. The van der Waals surface area contributed by atoms with Gasteiger partial charge in [-0.15, -0.1) is 0 Å². The molecule has 1 amide bonds. The molecule has 1 aromatic carbocycles. The zero-order chi connectivity index (χ0) is 18.2. The van der Waals surface area contributed by atoms with E-state index >= 15 is 0 Å². The van der Waals surface area contributed by atoms with Gasteiger partial charge in [0.1, 0.15) is 12.6 Å². The van der Waals surface area contributed by atoms with Crippen LogP contribution in [0.2, 0.25) is 0 Å². The Morgan fingerprint density at radius 1 is 1.28 bits per heavy atom. The number of rotatable bonds is 5. The van der Waals surface area contributed by atoms with Crippen LogP contribution in [0.3, 0.4) is 0 Å². The largest absolute Gasteiger partial charge is 0.468 e. The molecule has 0 aromatic heterocycles. The minimum Gasteiger partial charge on any atom is -0.468 e. The molecular weight excluding hydrogens is 320 g/mol. The van der Waals surface area contributed by atoms with Gasteiger partial charge in [0.2, 0.25) is 5.91 Å². The van der Waals surface area contributed by atoms with E-state index in [9.17, 15) is 14.9 Å². The maximum absolute atomic E-state index is 12.2. The van der Waals surface area contributed by atoms with Crippen LogP contribution in [0.4, 0.5) is 5.69 Å². The molecule has 25 heavy (non-hydrogen) atoms. The molecule has 1 fully saturated rings. The Morgan fingerprint density at radius 2 is 2.04 bits per heavy atom. The molecule has 7 nitrogen and oxygen atoms in total. The number of hydrogen-bond acceptors (Lipinski definition) is 6. The monoisotopic (exact) mass is 344 g/mol. The summed E-state index contributed by atoms with van der Waals surface area (Å²) in [5, 5.41) is 11.9. The summed E-state index contributed by atoms with van der Waals surface area (Å²) < 4.78 is 4.53. The molecule has 1 atom stereocenters. The number of carbonyl (C=O) groups excluding carboxylic acids is 2. The van der Waals surface area contributed by atoms with Crippen molar-refractivity contribution >= 4 is 17.6 Å². The second-order valence-corrected chi connectivity index (χ2v) is 5.98. The summed E-state index contributed by atoms with van der Waals surface area (Å²) >= 11 is 0. The number of ether oxygens (including phenoxy) is 1.